The van der Waals surface area contributed by atoms with Crippen LogP contribution < -0.4 is 10.2 Å². The predicted molar refractivity (Wildman–Crippen MR) is 105 cm³/mol. The van der Waals surface area contributed by atoms with Gasteiger partial charge in [-0.25, -0.2) is 4.98 Å². The van der Waals surface area contributed by atoms with Gasteiger partial charge in [-0.2, -0.15) is 0 Å². The highest BCUT2D eigenvalue weighted by Gasteiger charge is 2.34. The van der Waals surface area contributed by atoms with Crippen LogP contribution >= 0.6 is 0 Å². The summed E-state index contributed by atoms with van der Waals surface area (Å²) >= 11 is 0. The van der Waals surface area contributed by atoms with E-state index in [-0.39, 0.29) is 11.8 Å². The van der Waals surface area contributed by atoms with Crippen molar-refractivity contribution in [2.45, 2.75) is 31.7 Å². The monoisotopic (exact) mass is 364 g/mol. The number of benzene rings is 1. The van der Waals surface area contributed by atoms with E-state index in [1.807, 2.05) is 30.3 Å². The van der Waals surface area contributed by atoms with E-state index in [4.69, 9.17) is 0 Å². The number of carbonyl (C=O) groups excluding carboxylic acids is 2. The van der Waals surface area contributed by atoms with Gasteiger partial charge in [0.1, 0.15) is 11.9 Å². The number of pyridine rings is 1. The van der Waals surface area contributed by atoms with Crippen LogP contribution in [0, 0.1) is 0 Å². The number of hydrogen-bond acceptors (Lipinski definition) is 4. The fourth-order valence-corrected chi connectivity index (χ4v) is 3.85. The number of likely N-dealkylation sites (tertiary alicyclic amines) is 1. The standard InChI is InChI=1S/C21H24N4O2/c26-20(23-17-10-11-19(22-15-17)24-12-4-5-13-24)18-9-6-14-25(18)21(27)16-7-2-1-3-8-16/h1-3,7-8,10-11,15,18H,4-6,9,12-14H2,(H,23,26)/t18-/m1/s1. The van der Waals surface area contributed by atoms with E-state index in [2.05, 4.69) is 15.2 Å². The maximum atomic E-state index is 12.8. The Balaban J connectivity index is 1.42. The molecule has 1 N–H and O–H groups in total. The zero-order valence-corrected chi connectivity index (χ0v) is 15.3. The largest absolute Gasteiger partial charge is 0.357 e. The van der Waals surface area contributed by atoms with Crippen molar-refractivity contribution in [3.05, 3.63) is 54.2 Å². The molecular formula is C21H24N4O2. The van der Waals surface area contributed by atoms with Gasteiger partial charge >= 0.3 is 0 Å². The lowest BCUT2D eigenvalue weighted by atomic mass is 10.1. The normalized spacial score (nSPS) is 19.3. The molecule has 2 aromatic rings. The Bertz CT molecular complexity index is 801. The summed E-state index contributed by atoms with van der Waals surface area (Å²) in [5.41, 5.74) is 1.29. The van der Waals surface area contributed by atoms with Crippen LogP contribution in [-0.2, 0) is 4.79 Å². The summed E-state index contributed by atoms with van der Waals surface area (Å²) in [7, 11) is 0. The van der Waals surface area contributed by atoms with Gasteiger partial charge in [0, 0.05) is 25.2 Å². The zero-order chi connectivity index (χ0) is 18.6. The number of nitrogens with one attached hydrogen (secondary N) is 1. The summed E-state index contributed by atoms with van der Waals surface area (Å²) in [5.74, 6) is 0.718. The molecular weight excluding hydrogens is 340 g/mol. The summed E-state index contributed by atoms with van der Waals surface area (Å²) in [4.78, 5) is 33.9. The fraction of sp³-hybridized carbons (Fsp3) is 0.381. The number of hydrogen-bond donors (Lipinski definition) is 1. The first-order valence-electron chi connectivity index (χ1n) is 9.60. The predicted octanol–water partition coefficient (Wildman–Crippen LogP) is 2.93. The van der Waals surface area contributed by atoms with Crippen molar-refractivity contribution in [2.24, 2.45) is 0 Å². The van der Waals surface area contributed by atoms with E-state index in [1.54, 1.807) is 23.2 Å². The van der Waals surface area contributed by atoms with Crippen LogP contribution in [0.25, 0.3) is 0 Å². The van der Waals surface area contributed by atoms with Gasteiger partial charge in [-0.1, -0.05) is 18.2 Å². The van der Waals surface area contributed by atoms with E-state index in [0.717, 1.165) is 25.3 Å². The first-order valence-corrected chi connectivity index (χ1v) is 9.60. The van der Waals surface area contributed by atoms with Gasteiger partial charge in [0.05, 0.1) is 11.9 Å². The topological polar surface area (TPSA) is 65.5 Å². The summed E-state index contributed by atoms with van der Waals surface area (Å²) in [6.07, 6.45) is 5.62. The molecule has 3 heterocycles. The summed E-state index contributed by atoms with van der Waals surface area (Å²) in [6, 6.07) is 12.5. The van der Waals surface area contributed by atoms with Crippen molar-refractivity contribution in [1.29, 1.82) is 0 Å². The highest BCUT2D eigenvalue weighted by molar-refractivity contribution is 6.01. The molecule has 0 bridgehead atoms. The van der Waals surface area contributed by atoms with Crippen LogP contribution in [0.4, 0.5) is 11.5 Å². The molecule has 140 valence electrons. The van der Waals surface area contributed by atoms with E-state index in [0.29, 0.717) is 24.2 Å². The van der Waals surface area contributed by atoms with E-state index in [1.165, 1.54) is 12.8 Å². The van der Waals surface area contributed by atoms with Crippen LogP contribution in [-0.4, -0.2) is 47.4 Å². The lowest BCUT2D eigenvalue weighted by molar-refractivity contribution is -0.119. The molecule has 2 aliphatic rings. The zero-order valence-electron chi connectivity index (χ0n) is 15.3. The molecule has 2 amide bonds. The Hall–Kier alpha value is -2.89. The molecule has 0 radical (unpaired) electrons. The van der Waals surface area contributed by atoms with Crippen LogP contribution in [0.1, 0.15) is 36.0 Å². The molecule has 0 spiro atoms. The molecule has 27 heavy (non-hydrogen) atoms. The highest BCUT2D eigenvalue weighted by Crippen LogP contribution is 2.23. The van der Waals surface area contributed by atoms with Gasteiger partial charge in [0.15, 0.2) is 0 Å². The number of nitrogens with zero attached hydrogens (tertiary/aromatic N) is 3. The van der Waals surface area contributed by atoms with Gasteiger partial charge in [-0.05, 0) is 49.9 Å². The third kappa shape index (κ3) is 3.79. The number of amides is 2. The van der Waals surface area contributed by atoms with E-state index < -0.39 is 6.04 Å². The van der Waals surface area contributed by atoms with Crippen molar-refractivity contribution >= 4 is 23.3 Å². The SMILES string of the molecule is O=C(Nc1ccc(N2CCCC2)nc1)[C@H]1CCCN1C(=O)c1ccccc1. The number of anilines is 2. The molecule has 6 nitrogen and oxygen atoms in total. The minimum absolute atomic E-state index is 0.0873. The molecule has 2 saturated heterocycles. The molecule has 1 atom stereocenters. The van der Waals surface area contributed by atoms with Crippen molar-refractivity contribution in [3.63, 3.8) is 0 Å². The minimum atomic E-state index is -0.434. The van der Waals surface area contributed by atoms with Gasteiger partial charge in [-0.3, -0.25) is 9.59 Å². The van der Waals surface area contributed by atoms with Gasteiger partial charge in [0.2, 0.25) is 5.91 Å². The Labute approximate surface area is 159 Å². The third-order valence-corrected chi connectivity index (χ3v) is 5.28. The second-order valence-corrected chi connectivity index (χ2v) is 7.11. The molecule has 0 unspecified atom stereocenters. The van der Waals surface area contributed by atoms with Crippen molar-refractivity contribution in [1.82, 2.24) is 9.88 Å². The number of aromatic nitrogens is 1. The van der Waals surface area contributed by atoms with Crippen LogP contribution in [0.2, 0.25) is 0 Å². The summed E-state index contributed by atoms with van der Waals surface area (Å²) in [6.45, 7) is 2.69. The minimum Gasteiger partial charge on any atom is -0.357 e. The van der Waals surface area contributed by atoms with Crippen molar-refractivity contribution < 1.29 is 9.59 Å². The molecule has 0 aliphatic carbocycles. The maximum Gasteiger partial charge on any atom is 0.254 e. The molecule has 1 aromatic heterocycles. The Morgan fingerprint density at radius 3 is 2.44 bits per heavy atom. The van der Waals surface area contributed by atoms with Crippen molar-refractivity contribution in [3.8, 4) is 0 Å². The fourth-order valence-electron chi connectivity index (χ4n) is 3.85. The first kappa shape index (κ1) is 17.5. The second-order valence-electron chi connectivity index (χ2n) is 7.11. The smallest absolute Gasteiger partial charge is 0.254 e. The summed E-state index contributed by atoms with van der Waals surface area (Å²) < 4.78 is 0. The lowest BCUT2D eigenvalue weighted by Gasteiger charge is -2.24. The van der Waals surface area contributed by atoms with E-state index >= 15 is 0 Å². The quantitative estimate of drug-likeness (QED) is 0.906. The maximum absolute atomic E-state index is 12.8. The van der Waals surface area contributed by atoms with Crippen LogP contribution in [0.3, 0.4) is 0 Å². The van der Waals surface area contributed by atoms with Gasteiger partial charge < -0.3 is 15.1 Å². The lowest BCUT2D eigenvalue weighted by Crippen LogP contribution is -2.43. The van der Waals surface area contributed by atoms with Crippen molar-refractivity contribution in [2.75, 3.05) is 29.9 Å². The Morgan fingerprint density at radius 2 is 1.74 bits per heavy atom. The molecule has 2 aliphatic heterocycles. The molecule has 1 aromatic carbocycles. The Kier molecular flexibility index (Phi) is 5.05. The van der Waals surface area contributed by atoms with Gasteiger partial charge in [-0.15, -0.1) is 0 Å². The highest BCUT2D eigenvalue weighted by atomic mass is 16.2. The molecule has 6 heteroatoms. The molecule has 0 saturated carbocycles. The average molecular weight is 364 g/mol. The third-order valence-electron chi connectivity index (χ3n) is 5.28. The molecule has 4 rings (SSSR count). The summed E-state index contributed by atoms with van der Waals surface area (Å²) in [5, 5.41) is 2.92. The number of carbonyl (C=O) groups is 2. The number of rotatable bonds is 4. The average Bonchev–Trinajstić information content (AvgIpc) is 3.41. The van der Waals surface area contributed by atoms with Gasteiger partial charge in [0.25, 0.3) is 5.91 Å². The van der Waals surface area contributed by atoms with Crippen LogP contribution in [0.5, 0.6) is 0 Å². The first-order chi connectivity index (χ1) is 13.2. The van der Waals surface area contributed by atoms with Crippen LogP contribution in [0.15, 0.2) is 48.7 Å². The molecule has 2 fully saturated rings. The second kappa shape index (κ2) is 7.78. The Morgan fingerprint density at radius 1 is 0.963 bits per heavy atom. The van der Waals surface area contributed by atoms with E-state index in [9.17, 15) is 9.59 Å².